The molecule has 35 heteroatoms. The van der Waals surface area contributed by atoms with E-state index in [0.29, 0.717) is 18.9 Å². The molecule has 0 fully saturated rings. The standard InChI is InChI=1S/C19H40O4S.C19H38O3S.C15H29NO4S.2C13H14.C5H11NO4S.C5H12.2CH4O3S.6Na/c1-2-3-4-5-6-7-8-9-10-11-12-13-14-15-16-19(20)17-18-24(21,22)23;1-2-3-4-5-6-7-8-9-10-11-12-13-14-15-16-17-18-19-23(20,21)22;1-3-4-5-6-7-8-9-10-11-12-15(17)16(2)13-14-21(18,19)20;2*1-3-11-9-8-10(2)12-6-4-5-7-13(11)12;1-5(7)6(2)3-4-11(8,9)10;1-3-5-4-2;2*1-5(2,3)4;;;;;;/h19-20H,2-18H2,1H3,(H,21,22,23);17-18H,2-16,19H2,1H3,(H,20,21,22);10-11H,3-9,12-14H2,1-2H3,(H,18,19,20);2*4-9H,3H2,1-2H3;3-4H2,1-2H3,(H,8,9,10);3-5H2,1-2H3;2*1H3,(H,2,3,4);;;;;;/q;;;;;;;;;6*+1/p-6/b;18-17+;11-10+;;;;;;;;;;;;. The van der Waals surface area contributed by atoms with Gasteiger partial charge in [0, 0.05) is 58.8 Å². The quantitative estimate of drug-likeness (QED) is 0.0287. The van der Waals surface area contributed by atoms with Crippen molar-refractivity contribution in [3.8, 4) is 0 Å². The number of hydrogen-bond donors (Lipinski definition) is 1. The first-order chi connectivity index (χ1) is 56.3. The van der Waals surface area contributed by atoms with E-state index < -0.39 is 84.1 Å². The third-order valence-electron chi connectivity index (χ3n) is 19.2. The number of carbonyl (C=O) groups is 2. The first kappa shape index (κ1) is 150. The van der Waals surface area contributed by atoms with E-state index in [1.54, 1.807) is 0 Å². The third-order valence-corrected chi connectivity index (χ3v) is 21.9. The molecule has 4 aromatic rings. The minimum Gasteiger partial charge on any atom is -0.748 e. The molecule has 0 spiro atoms. The largest absolute Gasteiger partial charge is 1.00 e. The van der Waals surface area contributed by atoms with E-state index in [0.717, 1.165) is 51.4 Å². The molecule has 0 aliphatic rings. The monoisotopic (exact) mass is 1950 g/mol. The van der Waals surface area contributed by atoms with Crippen molar-refractivity contribution in [1.82, 2.24) is 9.80 Å². The fourth-order valence-electron chi connectivity index (χ4n) is 12.0. The molecule has 4 aromatic carbocycles. The molecule has 23 nitrogen and oxygen atoms in total. The molecule has 1 N–H and O–H groups in total. The number of aliphatic hydroxyl groups is 1. The van der Waals surface area contributed by atoms with Gasteiger partial charge in [0.15, 0.2) is 0 Å². The fraction of sp³-hybridized carbons (Fsp3) is 0.714. The van der Waals surface area contributed by atoms with Crippen LogP contribution in [0.1, 0.15) is 347 Å². The molecule has 0 heterocycles. The Labute approximate surface area is 901 Å². The summed E-state index contributed by atoms with van der Waals surface area (Å²) < 4.78 is 179. The number of aryl methyl sites for hydroxylation is 4. The topological polar surface area (TPSA) is 404 Å². The van der Waals surface area contributed by atoms with Gasteiger partial charge in [-0.15, -0.1) is 0 Å². The first-order valence-corrected chi connectivity index (χ1v) is 54.2. The molecule has 1 unspecified atom stereocenters. The number of hydrogen-bond acceptors (Lipinski definition) is 21. The van der Waals surface area contributed by atoms with Crippen LogP contribution in [0.15, 0.2) is 97.1 Å². The van der Waals surface area contributed by atoms with Crippen molar-refractivity contribution in [3.05, 3.63) is 119 Å². The van der Waals surface area contributed by atoms with Crippen LogP contribution in [0.4, 0.5) is 0 Å². The van der Waals surface area contributed by atoms with E-state index in [1.807, 2.05) is 18.2 Å². The van der Waals surface area contributed by atoms with Crippen molar-refractivity contribution in [2.45, 2.75) is 358 Å². The maximum absolute atomic E-state index is 11.6. The Morgan fingerprint density at radius 2 is 0.603 bits per heavy atom. The van der Waals surface area contributed by atoms with Crippen LogP contribution in [-0.4, -0.2) is 173 Å². The third kappa shape index (κ3) is 118. The average molecular weight is 1950 g/mol. The van der Waals surface area contributed by atoms with Crippen LogP contribution in [0.2, 0.25) is 0 Å². The minimum atomic E-state index is -4.26. The molecule has 0 saturated heterocycles. The van der Waals surface area contributed by atoms with Crippen LogP contribution < -0.4 is 177 Å². The Balaban J connectivity index is -0.000000136. The van der Waals surface area contributed by atoms with E-state index in [2.05, 4.69) is 135 Å². The van der Waals surface area contributed by atoms with Crippen LogP contribution in [-0.2, 0) is 83.1 Å². The van der Waals surface area contributed by atoms with Gasteiger partial charge in [-0.2, -0.15) is 0 Å². The second-order valence-corrected chi connectivity index (χ2v) is 39.7. The van der Waals surface area contributed by atoms with Crippen molar-refractivity contribution < 1.29 is 270 Å². The molecule has 4 rings (SSSR count). The molecular formula is C91H160N2Na6O21S6. The normalized spacial score (nSPS) is 11.2. The van der Waals surface area contributed by atoms with Crippen molar-refractivity contribution in [3.63, 3.8) is 0 Å². The van der Waals surface area contributed by atoms with Gasteiger partial charge in [0.25, 0.3) is 0 Å². The number of allylic oxidation sites excluding steroid dienone is 2. The summed E-state index contributed by atoms with van der Waals surface area (Å²) in [5.41, 5.74) is 5.63. The Hall–Kier alpha value is 1.24. The van der Waals surface area contributed by atoms with Crippen molar-refractivity contribution in [2.75, 3.05) is 62.7 Å². The Morgan fingerprint density at radius 1 is 0.341 bits per heavy atom. The maximum Gasteiger partial charge on any atom is 1.00 e. The van der Waals surface area contributed by atoms with Crippen LogP contribution >= 0.6 is 0 Å². The van der Waals surface area contributed by atoms with Gasteiger partial charge >= 0.3 is 177 Å². The van der Waals surface area contributed by atoms with E-state index >= 15 is 0 Å². The number of benzene rings is 4. The molecule has 0 radical (unpaired) electrons. The van der Waals surface area contributed by atoms with Gasteiger partial charge in [0.1, 0.15) is 0 Å². The van der Waals surface area contributed by atoms with Gasteiger partial charge in [-0.25, -0.2) is 50.5 Å². The molecule has 0 saturated carbocycles. The van der Waals surface area contributed by atoms with Gasteiger partial charge in [0.2, 0.25) is 11.8 Å². The van der Waals surface area contributed by atoms with Crippen LogP contribution in [0.5, 0.6) is 0 Å². The minimum absolute atomic E-state index is 0. The second-order valence-electron chi connectivity index (χ2n) is 30.8. The summed E-state index contributed by atoms with van der Waals surface area (Å²) in [6, 6.07) is 26.1. The number of fused-ring (bicyclic) bond motifs is 2. The summed E-state index contributed by atoms with van der Waals surface area (Å²) in [6.07, 6.45) is 61.1. The number of carbonyl (C=O) groups excluding carboxylic acids is 2. The zero-order valence-corrected chi connectivity index (χ0v) is 99.0. The zero-order chi connectivity index (χ0) is 92.2. The predicted octanol–water partition coefficient (Wildman–Crippen LogP) is 2.77. The van der Waals surface area contributed by atoms with Crippen molar-refractivity contribution >= 4 is 94.1 Å². The zero-order valence-electron chi connectivity index (χ0n) is 82.1. The molecular weight excluding hydrogens is 1790 g/mol. The Kier molecular flexibility index (Phi) is 117. The summed E-state index contributed by atoms with van der Waals surface area (Å²) in [5, 5.41) is 15.2. The van der Waals surface area contributed by atoms with Crippen LogP contribution in [0.3, 0.4) is 0 Å². The van der Waals surface area contributed by atoms with Gasteiger partial charge in [-0.1, -0.05) is 370 Å². The summed E-state index contributed by atoms with van der Waals surface area (Å²) in [4.78, 5) is 24.6. The molecule has 0 bridgehead atoms. The Morgan fingerprint density at radius 3 is 0.865 bits per heavy atom. The number of amides is 2. The summed E-state index contributed by atoms with van der Waals surface area (Å²) in [6.45, 7) is 21.1. The van der Waals surface area contributed by atoms with Gasteiger partial charge in [-0.05, 0) is 109 Å². The molecule has 702 valence electrons. The van der Waals surface area contributed by atoms with Crippen LogP contribution in [0.25, 0.3) is 21.5 Å². The second kappa shape index (κ2) is 97.9. The molecule has 126 heavy (non-hydrogen) atoms. The molecule has 0 aliphatic carbocycles. The number of aliphatic hydroxyl groups excluding tert-OH is 1. The average Bonchev–Trinajstić information content (AvgIpc) is 0.820. The molecule has 0 aliphatic heterocycles. The van der Waals surface area contributed by atoms with Crippen LogP contribution in [0, 0.1) is 13.8 Å². The summed E-state index contributed by atoms with van der Waals surface area (Å²) >= 11 is 0. The smallest absolute Gasteiger partial charge is 0.748 e. The number of rotatable bonds is 54. The van der Waals surface area contributed by atoms with Crippen molar-refractivity contribution in [2.24, 2.45) is 0 Å². The first-order valence-electron chi connectivity index (χ1n) is 44.2. The van der Waals surface area contributed by atoms with Gasteiger partial charge < -0.3 is 42.2 Å². The molecule has 0 aromatic heterocycles. The molecule has 2 amide bonds. The van der Waals surface area contributed by atoms with E-state index in [1.165, 1.54) is 293 Å². The Bertz CT molecular complexity index is 3850. The van der Waals surface area contributed by atoms with Gasteiger partial charge in [-0.3, -0.25) is 9.59 Å². The summed E-state index contributed by atoms with van der Waals surface area (Å²) in [7, 11) is -21.6. The van der Waals surface area contributed by atoms with Gasteiger partial charge in [0.05, 0.1) is 84.1 Å². The molecule has 1 atom stereocenters. The van der Waals surface area contributed by atoms with E-state index in [4.69, 9.17) is 25.9 Å². The fourth-order valence-corrected chi connectivity index (χ4v) is 14.0. The maximum atomic E-state index is 11.6. The van der Waals surface area contributed by atoms with E-state index in [9.17, 15) is 66.6 Å². The van der Waals surface area contributed by atoms with E-state index in [-0.39, 0.29) is 221 Å². The number of unbranched alkanes of at least 4 members (excludes halogenated alkanes) is 35. The van der Waals surface area contributed by atoms with Crippen molar-refractivity contribution in [1.29, 1.82) is 0 Å². The SMILES string of the molecule is CC(=O)N(C)CCS(=O)(=O)[O-].CCCCC.CCCCCCCC/C=C/CC(=O)N(C)CCS(=O)(=O)[O-].CCCCCCCCCCCCCCCC/C=C/CS(=O)(=O)[O-].CCCCCCCCCCCCCCCCC(O)CCS(=O)(=O)[O-].CCc1ccc(C)c2ccccc12.CCc1ccc(C)c2ccccc12.CS(=O)(=O)[O-].CS(=O)(=O)[O-].[Na+].[Na+].[Na+].[Na+].[Na+].[Na+]. The predicted molar refractivity (Wildman–Crippen MR) is 493 cm³/mol. The number of nitrogens with zero attached hydrogens (tertiary/aromatic N) is 2. The summed E-state index contributed by atoms with van der Waals surface area (Å²) in [5.74, 6) is -2.30.